The average molecular weight is 173 g/mol. The molecule has 0 atom stereocenters. The van der Waals surface area contributed by atoms with Gasteiger partial charge in [0, 0.05) is 12.4 Å². The Balaban J connectivity index is 2.85. The van der Waals surface area contributed by atoms with E-state index in [0.717, 1.165) is 10.9 Å². The minimum atomic E-state index is 0.482. The van der Waals surface area contributed by atoms with Crippen LogP contribution in [0.2, 0.25) is 0 Å². The number of aromatic nitrogens is 2. The Morgan fingerprint density at radius 1 is 1.62 bits per heavy atom. The molecule has 1 N–H and O–H groups in total. The van der Waals surface area contributed by atoms with Crippen molar-refractivity contribution in [2.24, 2.45) is 0 Å². The molecule has 2 aromatic heterocycles. The van der Waals surface area contributed by atoms with E-state index in [1.807, 2.05) is 0 Å². The van der Waals surface area contributed by atoms with Crippen LogP contribution in [-0.4, -0.2) is 17.1 Å². The minimum Gasteiger partial charge on any atom is -0.480 e. The number of H-pyrrole nitrogens is 1. The number of nitriles is 1. The molecule has 0 aliphatic carbocycles. The van der Waals surface area contributed by atoms with E-state index in [9.17, 15) is 0 Å². The molecular weight excluding hydrogens is 166 g/mol. The van der Waals surface area contributed by atoms with Crippen LogP contribution in [0, 0.1) is 11.3 Å². The fourth-order valence-corrected chi connectivity index (χ4v) is 1.29. The molecule has 0 saturated heterocycles. The predicted octanol–water partition coefficient (Wildman–Crippen LogP) is 1.44. The smallest absolute Gasteiger partial charge is 0.223 e. The third-order valence-corrected chi connectivity index (χ3v) is 1.87. The van der Waals surface area contributed by atoms with Crippen molar-refractivity contribution in [2.45, 2.75) is 0 Å². The fourth-order valence-electron chi connectivity index (χ4n) is 1.29. The lowest BCUT2D eigenvalue weighted by molar-refractivity contribution is 0.403. The van der Waals surface area contributed by atoms with Crippen molar-refractivity contribution in [3.05, 3.63) is 24.0 Å². The molecule has 13 heavy (non-hydrogen) atoms. The second-order valence-corrected chi connectivity index (χ2v) is 2.56. The lowest BCUT2D eigenvalue weighted by Gasteiger charge is -1.98. The number of ether oxygens (including phenoxy) is 1. The second kappa shape index (κ2) is 2.79. The molecule has 0 radical (unpaired) electrons. The van der Waals surface area contributed by atoms with E-state index in [1.54, 1.807) is 18.5 Å². The maximum absolute atomic E-state index is 8.79. The standard InChI is InChI=1S/C9H7N3O/c1-13-9-8-6(4-10)5-12-7(8)2-3-11-9/h2-3,5,12H,1H3. The van der Waals surface area contributed by atoms with Crippen molar-refractivity contribution in [3.8, 4) is 11.9 Å². The van der Waals surface area contributed by atoms with Crippen LogP contribution < -0.4 is 4.74 Å². The van der Waals surface area contributed by atoms with Gasteiger partial charge in [-0.15, -0.1) is 0 Å². The molecule has 4 heteroatoms. The summed E-state index contributed by atoms with van der Waals surface area (Å²) in [7, 11) is 1.54. The van der Waals surface area contributed by atoms with Gasteiger partial charge in [0.15, 0.2) is 0 Å². The summed E-state index contributed by atoms with van der Waals surface area (Å²) < 4.78 is 5.05. The number of fused-ring (bicyclic) bond motifs is 1. The van der Waals surface area contributed by atoms with E-state index in [0.29, 0.717) is 11.4 Å². The number of nitrogens with one attached hydrogen (secondary N) is 1. The van der Waals surface area contributed by atoms with Crippen LogP contribution in [0.5, 0.6) is 5.88 Å². The SMILES string of the molecule is COc1nccc2[nH]cc(C#N)c12. The number of rotatable bonds is 1. The topological polar surface area (TPSA) is 61.7 Å². The Hall–Kier alpha value is -2.02. The highest BCUT2D eigenvalue weighted by Gasteiger charge is 2.08. The maximum atomic E-state index is 8.79. The van der Waals surface area contributed by atoms with E-state index in [1.165, 1.54) is 7.11 Å². The van der Waals surface area contributed by atoms with Gasteiger partial charge in [-0.05, 0) is 6.07 Å². The molecule has 0 saturated carbocycles. The van der Waals surface area contributed by atoms with E-state index in [4.69, 9.17) is 10.00 Å². The van der Waals surface area contributed by atoms with Crippen LogP contribution >= 0.6 is 0 Å². The quantitative estimate of drug-likeness (QED) is 0.709. The maximum Gasteiger partial charge on any atom is 0.223 e. The molecule has 0 aliphatic heterocycles. The molecule has 0 aliphatic rings. The third kappa shape index (κ3) is 1.02. The van der Waals surface area contributed by atoms with E-state index >= 15 is 0 Å². The van der Waals surface area contributed by atoms with Crippen molar-refractivity contribution in [1.29, 1.82) is 5.26 Å². The number of pyridine rings is 1. The van der Waals surface area contributed by atoms with E-state index in [2.05, 4.69) is 16.0 Å². The highest BCUT2D eigenvalue weighted by molar-refractivity contribution is 5.89. The zero-order valence-corrected chi connectivity index (χ0v) is 7.03. The van der Waals surface area contributed by atoms with E-state index < -0.39 is 0 Å². The average Bonchev–Trinajstić information content (AvgIpc) is 2.60. The van der Waals surface area contributed by atoms with Gasteiger partial charge in [-0.3, -0.25) is 0 Å². The number of aromatic amines is 1. The van der Waals surface area contributed by atoms with Crippen LogP contribution in [0.3, 0.4) is 0 Å². The van der Waals surface area contributed by atoms with Gasteiger partial charge >= 0.3 is 0 Å². The fraction of sp³-hybridized carbons (Fsp3) is 0.111. The van der Waals surface area contributed by atoms with Crippen molar-refractivity contribution >= 4 is 10.9 Å². The molecule has 4 nitrogen and oxygen atoms in total. The van der Waals surface area contributed by atoms with Crippen molar-refractivity contribution in [2.75, 3.05) is 7.11 Å². The second-order valence-electron chi connectivity index (χ2n) is 2.56. The molecule has 0 aromatic carbocycles. The van der Waals surface area contributed by atoms with Gasteiger partial charge in [-0.25, -0.2) is 4.98 Å². The van der Waals surface area contributed by atoms with Gasteiger partial charge in [0.1, 0.15) is 6.07 Å². The molecule has 2 rings (SSSR count). The van der Waals surface area contributed by atoms with Gasteiger partial charge in [0.25, 0.3) is 0 Å². The summed E-state index contributed by atoms with van der Waals surface area (Å²) in [5, 5.41) is 9.53. The Kier molecular flexibility index (Phi) is 1.64. The number of nitrogens with zero attached hydrogens (tertiary/aromatic N) is 2. The highest BCUT2D eigenvalue weighted by Crippen LogP contribution is 2.25. The van der Waals surface area contributed by atoms with E-state index in [-0.39, 0.29) is 0 Å². The Bertz CT molecular complexity index is 481. The summed E-state index contributed by atoms with van der Waals surface area (Å²) in [5.74, 6) is 0.482. The number of methoxy groups -OCH3 is 1. The molecule has 0 unspecified atom stereocenters. The van der Waals surface area contributed by atoms with Crippen LogP contribution in [0.15, 0.2) is 18.5 Å². The normalized spacial score (nSPS) is 9.85. The van der Waals surface area contributed by atoms with Gasteiger partial charge in [0.05, 0.1) is 23.6 Å². The Morgan fingerprint density at radius 3 is 3.15 bits per heavy atom. The molecule has 2 aromatic rings. The first-order valence-electron chi connectivity index (χ1n) is 3.77. The molecular formula is C9H7N3O. The number of hydrogen-bond donors (Lipinski definition) is 1. The van der Waals surface area contributed by atoms with Gasteiger partial charge in [-0.1, -0.05) is 0 Å². The Morgan fingerprint density at radius 2 is 2.46 bits per heavy atom. The van der Waals surface area contributed by atoms with Gasteiger partial charge < -0.3 is 9.72 Å². The number of hydrogen-bond acceptors (Lipinski definition) is 3. The summed E-state index contributed by atoms with van der Waals surface area (Å²) >= 11 is 0. The van der Waals surface area contributed by atoms with Crippen LogP contribution in [0.4, 0.5) is 0 Å². The lowest BCUT2D eigenvalue weighted by atomic mass is 10.2. The molecule has 0 bridgehead atoms. The molecule has 0 amide bonds. The molecule has 0 spiro atoms. The zero-order valence-electron chi connectivity index (χ0n) is 7.03. The van der Waals surface area contributed by atoms with Crippen LogP contribution in [-0.2, 0) is 0 Å². The van der Waals surface area contributed by atoms with Gasteiger partial charge in [-0.2, -0.15) is 5.26 Å². The third-order valence-electron chi connectivity index (χ3n) is 1.87. The van der Waals surface area contributed by atoms with Crippen molar-refractivity contribution in [1.82, 2.24) is 9.97 Å². The van der Waals surface area contributed by atoms with Crippen LogP contribution in [0.1, 0.15) is 5.56 Å². The first-order chi connectivity index (χ1) is 6.36. The first-order valence-corrected chi connectivity index (χ1v) is 3.77. The predicted molar refractivity (Wildman–Crippen MR) is 47.4 cm³/mol. The molecule has 64 valence electrons. The van der Waals surface area contributed by atoms with Crippen molar-refractivity contribution in [3.63, 3.8) is 0 Å². The zero-order chi connectivity index (χ0) is 9.26. The summed E-state index contributed by atoms with van der Waals surface area (Å²) in [6, 6.07) is 3.88. The Labute approximate surface area is 74.8 Å². The summed E-state index contributed by atoms with van der Waals surface area (Å²) in [6.07, 6.45) is 3.29. The van der Waals surface area contributed by atoms with Crippen LogP contribution in [0.25, 0.3) is 10.9 Å². The summed E-state index contributed by atoms with van der Waals surface area (Å²) in [5.41, 5.74) is 1.42. The largest absolute Gasteiger partial charge is 0.480 e. The van der Waals surface area contributed by atoms with Gasteiger partial charge in [0.2, 0.25) is 5.88 Å². The highest BCUT2D eigenvalue weighted by atomic mass is 16.5. The summed E-state index contributed by atoms with van der Waals surface area (Å²) in [4.78, 5) is 6.98. The first kappa shape index (κ1) is 7.62. The summed E-state index contributed by atoms with van der Waals surface area (Å²) in [6.45, 7) is 0. The lowest BCUT2D eigenvalue weighted by Crippen LogP contribution is -1.87. The van der Waals surface area contributed by atoms with Crippen molar-refractivity contribution < 1.29 is 4.74 Å². The molecule has 0 fully saturated rings. The monoisotopic (exact) mass is 173 g/mol. The molecule has 2 heterocycles. The minimum absolute atomic E-state index is 0.482.